The van der Waals surface area contributed by atoms with Gasteiger partial charge in [-0.25, -0.2) is 9.97 Å². The number of nitrogens with one attached hydrogen (secondary N) is 2. The number of amides is 2. The highest BCUT2D eigenvalue weighted by Gasteiger charge is 2.49. The van der Waals surface area contributed by atoms with Gasteiger partial charge in [-0.3, -0.25) is 9.59 Å². The largest absolute Gasteiger partial charge is 0.382 e. The van der Waals surface area contributed by atoms with Crippen molar-refractivity contribution < 1.29 is 9.59 Å². The minimum atomic E-state index is -0.363. The molecular weight excluding hydrogens is 438 g/mol. The quantitative estimate of drug-likeness (QED) is 0.451. The summed E-state index contributed by atoms with van der Waals surface area (Å²) < 4.78 is 0. The first-order valence-corrected chi connectivity index (χ1v) is 11.3. The first-order valence-electron chi connectivity index (χ1n) is 10.9. The summed E-state index contributed by atoms with van der Waals surface area (Å²) in [6.45, 7) is 0.932. The Labute approximate surface area is 197 Å². The molecule has 8 heteroatoms. The second kappa shape index (κ2) is 10.0. The van der Waals surface area contributed by atoms with E-state index >= 15 is 0 Å². The molecule has 0 aliphatic heterocycles. The molecule has 4 N–H and O–H groups in total. The van der Waals surface area contributed by atoms with E-state index in [-0.39, 0.29) is 28.7 Å². The highest BCUT2D eigenvalue weighted by Crippen LogP contribution is 2.49. The molecular formula is C25H26ClN5O2. The van der Waals surface area contributed by atoms with Gasteiger partial charge < -0.3 is 16.4 Å². The molecule has 1 aliphatic rings. The summed E-state index contributed by atoms with van der Waals surface area (Å²) in [6, 6.07) is 15.6. The Bertz CT molecular complexity index is 1150. The van der Waals surface area contributed by atoms with E-state index in [1.54, 1.807) is 0 Å². The van der Waals surface area contributed by atoms with Crippen LogP contribution in [-0.2, 0) is 24.2 Å². The lowest BCUT2D eigenvalue weighted by Crippen LogP contribution is -2.34. The van der Waals surface area contributed by atoms with Crippen LogP contribution >= 0.6 is 11.6 Å². The van der Waals surface area contributed by atoms with Crippen molar-refractivity contribution in [1.82, 2.24) is 20.6 Å². The Hall–Kier alpha value is -3.45. The number of nitrogen functional groups attached to an aromatic ring is 1. The van der Waals surface area contributed by atoms with Crippen LogP contribution in [0.1, 0.15) is 40.0 Å². The fourth-order valence-electron chi connectivity index (χ4n) is 3.76. The lowest BCUT2D eigenvalue weighted by atomic mass is 9.95. The van der Waals surface area contributed by atoms with Gasteiger partial charge in [0.1, 0.15) is 0 Å². The molecule has 1 aromatic heterocycles. The van der Waals surface area contributed by atoms with Gasteiger partial charge in [0.05, 0.1) is 5.41 Å². The standard InChI is InChI=1S/C25H26ClN5O2/c26-20-4-2-1-3-19(20)15-25(10-11-25)24(33)30-12-9-17-5-7-18(8-6-17)16-31-23(32)21-22(27)29-14-13-28-21/h1-8,13-14H,9-12,15-16H2,(H2,27,29)(H,30,33)(H,31,32). The Morgan fingerprint density at radius 3 is 2.36 bits per heavy atom. The third-order valence-electron chi connectivity index (χ3n) is 5.94. The molecule has 0 atom stereocenters. The van der Waals surface area contributed by atoms with Crippen molar-refractivity contribution in [2.45, 2.75) is 32.2 Å². The molecule has 0 saturated heterocycles. The van der Waals surface area contributed by atoms with Crippen LogP contribution in [0.5, 0.6) is 0 Å². The van der Waals surface area contributed by atoms with E-state index in [9.17, 15) is 9.59 Å². The molecule has 1 saturated carbocycles. The van der Waals surface area contributed by atoms with Crippen LogP contribution in [0.2, 0.25) is 5.02 Å². The number of benzene rings is 2. The minimum Gasteiger partial charge on any atom is -0.382 e. The Balaban J connectivity index is 1.23. The van der Waals surface area contributed by atoms with Gasteiger partial charge in [-0.05, 0) is 48.4 Å². The molecule has 3 aromatic rings. The third kappa shape index (κ3) is 5.68. The Morgan fingerprint density at radius 1 is 0.970 bits per heavy atom. The number of nitrogens with zero attached hydrogens (tertiary/aromatic N) is 2. The van der Waals surface area contributed by atoms with Gasteiger partial charge in [-0.15, -0.1) is 0 Å². The van der Waals surface area contributed by atoms with Gasteiger partial charge >= 0.3 is 0 Å². The molecule has 1 fully saturated rings. The van der Waals surface area contributed by atoms with Crippen LogP contribution in [-0.4, -0.2) is 28.3 Å². The van der Waals surface area contributed by atoms with Gasteiger partial charge in [0.15, 0.2) is 11.5 Å². The molecule has 2 aromatic carbocycles. The lowest BCUT2D eigenvalue weighted by molar-refractivity contribution is -0.126. The van der Waals surface area contributed by atoms with E-state index in [0.717, 1.165) is 36.0 Å². The van der Waals surface area contributed by atoms with Crippen molar-refractivity contribution in [1.29, 1.82) is 0 Å². The highest BCUT2D eigenvalue weighted by molar-refractivity contribution is 6.31. The lowest BCUT2D eigenvalue weighted by Gasteiger charge is -2.16. The molecule has 1 heterocycles. The second-order valence-electron chi connectivity index (χ2n) is 8.34. The topological polar surface area (TPSA) is 110 Å². The molecule has 4 rings (SSSR count). The molecule has 0 spiro atoms. The molecule has 0 radical (unpaired) electrons. The maximum atomic E-state index is 12.8. The van der Waals surface area contributed by atoms with E-state index in [1.165, 1.54) is 12.4 Å². The van der Waals surface area contributed by atoms with Crippen LogP contribution in [0.25, 0.3) is 0 Å². The molecule has 2 amide bonds. The Kier molecular flexibility index (Phi) is 6.89. The van der Waals surface area contributed by atoms with Crippen LogP contribution in [0.15, 0.2) is 60.9 Å². The van der Waals surface area contributed by atoms with Gasteiger partial charge in [0.25, 0.3) is 5.91 Å². The van der Waals surface area contributed by atoms with Gasteiger partial charge in [-0.1, -0.05) is 54.1 Å². The summed E-state index contributed by atoms with van der Waals surface area (Å²) >= 11 is 6.27. The zero-order valence-corrected chi connectivity index (χ0v) is 18.9. The molecule has 7 nitrogen and oxygen atoms in total. The highest BCUT2D eigenvalue weighted by atomic mass is 35.5. The van der Waals surface area contributed by atoms with Gasteiger partial charge in [-0.2, -0.15) is 0 Å². The van der Waals surface area contributed by atoms with Crippen molar-refractivity contribution in [3.05, 3.63) is 88.3 Å². The summed E-state index contributed by atoms with van der Waals surface area (Å²) in [7, 11) is 0. The predicted octanol–water partition coefficient (Wildman–Crippen LogP) is 3.32. The third-order valence-corrected chi connectivity index (χ3v) is 6.31. The first-order chi connectivity index (χ1) is 16.0. The number of nitrogens with two attached hydrogens (primary N) is 1. The smallest absolute Gasteiger partial charge is 0.273 e. The fraction of sp³-hybridized carbons (Fsp3) is 0.280. The number of carbonyl (C=O) groups excluding carboxylic acids is 2. The van der Waals surface area contributed by atoms with E-state index in [0.29, 0.717) is 24.5 Å². The number of aromatic nitrogens is 2. The van der Waals surface area contributed by atoms with Crippen LogP contribution in [0, 0.1) is 5.41 Å². The molecule has 33 heavy (non-hydrogen) atoms. The predicted molar refractivity (Wildman–Crippen MR) is 128 cm³/mol. The fourth-order valence-corrected chi connectivity index (χ4v) is 3.97. The maximum absolute atomic E-state index is 12.8. The van der Waals surface area contributed by atoms with E-state index in [1.807, 2.05) is 48.5 Å². The average molecular weight is 464 g/mol. The number of halogens is 1. The van der Waals surface area contributed by atoms with Crippen molar-refractivity contribution in [2.24, 2.45) is 5.41 Å². The average Bonchev–Trinajstić information content (AvgIpc) is 3.61. The van der Waals surface area contributed by atoms with Crippen LogP contribution < -0.4 is 16.4 Å². The second-order valence-corrected chi connectivity index (χ2v) is 8.75. The van der Waals surface area contributed by atoms with Crippen molar-refractivity contribution in [3.63, 3.8) is 0 Å². The zero-order valence-electron chi connectivity index (χ0n) is 18.2. The van der Waals surface area contributed by atoms with Crippen molar-refractivity contribution in [2.75, 3.05) is 12.3 Å². The molecule has 0 unspecified atom stereocenters. The number of anilines is 1. The van der Waals surface area contributed by atoms with Crippen molar-refractivity contribution >= 4 is 29.2 Å². The van der Waals surface area contributed by atoms with E-state index in [4.69, 9.17) is 17.3 Å². The number of carbonyl (C=O) groups is 2. The summed E-state index contributed by atoms with van der Waals surface area (Å²) in [6.07, 6.45) is 6.07. The summed E-state index contributed by atoms with van der Waals surface area (Å²) in [5.41, 5.74) is 8.57. The normalized spacial score (nSPS) is 13.8. The summed E-state index contributed by atoms with van der Waals surface area (Å²) in [5.74, 6) is -0.157. The summed E-state index contributed by atoms with van der Waals surface area (Å²) in [4.78, 5) is 32.8. The number of hydrogen-bond donors (Lipinski definition) is 3. The zero-order chi connectivity index (χ0) is 23.3. The van der Waals surface area contributed by atoms with Gasteiger partial charge in [0, 0.05) is 30.5 Å². The molecule has 1 aliphatic carbocycles. The number of rotatable bonds is 9. The molecule has 170 valence electrons. The van der Waals surface area contributed by atoms with E-state index in [2.05, 4.69) is 20.6 Å². The Morgan fingerprint density at radius 2 is 1.67 bits per heavy atom. The monoisotopic (exact) mass is 463 g/mol. The maximum Gasteiger partial charge on any atom is 0.273 e. The first kappa shape index (κ1) is 22.7. The van der Waals surface area contributed by atoms with E-state index < -0.39 is 0 Å². The SMILES string of the molecule is Nc1nccnc1C(=O)NCc1ccc(CCNC(=O)C2(Cc3ccccc3Cl)CC2)cc1. The van der Waals surface area contributed by atoms with Gasteiger partial charge in [0.2, 0.25) is 5.91 Å². The minimum absolute atomic E-state index is 0.102. The summed E-state index contributed by atoms with van der Waals surface area (Å²) in [5, 5.41) is 6.60. The van der Waals surface area contributed by atoms with Crippen molar-refractivity contribution in [3.8, 4) is 0 Å². The molecule has 0 bridgehead atoms. The van der Waals surface area contributed by atoms with Crippen LogP contribution in [0.4, 0.5) is 5.82 Å². The van der Waals surface area contributed by atoms with Crippen LogP contribution in [0.3, 0.4) is 0 Å². The number of hydrogen-bond acceptors (Lipinski definition) is 5.